The highest BCUT2D eigenvalue weighted by atomic mass is 15.2. The van der Waals surface area contributed by atoms with E-state index in [0.717, 1.165) is 11.5 Å². The molecule has 0 fully saturated rings. The molecule has 12 heavy (non-hydrogen) atoms. The molecular weight excluding hydrogens is 150 g/mol. The van der Waals surface area contributed by atoms with Crippen molar-refractivity contribution in [1.82, 2.24) is 14.6 Å². The molecule has 0 saturated carbocycles. The highest BCUT2D eigenvalue weighted by molar-refractivity contribution is 5.47. The average molecular weight is 161 g/mol. The maximum absolute atomic E-state index is 4.07. The van der Waals surface area contributed by atoms with Crippen LogP contribution in [0.4, 0.5) is 0 Å². The van der Waals surface area contributed by atoms with E-state index in [-0.39, 0.29) is 0 Å². The van der Waals surface area contributed by atoms with Gasteiger partial charge in [0.25, 0.3) is 0 Å². The van der Waals surface area contributed by atoms with E-state index in [9.17, 15) is 0 Å². The highest BCUT2D eigenvalue weighted by Crippen LogP contribution is 2.10. The van der Waals surface area contributed by atoms with Crippen molar-refractivity contribution in [3.05, 3.63) is 29.2 Å². The molecular formula is C9H11N3. The molecule has 0 radical (unpaired) electrons. The fourth-order valence-electron chi connectivity index (χ4n) is 1.44. The second kappa shape index (κ2) is 2.30. The first-order chi connectivity index (χ1) is 5.68. The van der Waals surface area contributed by atoms with Crippen molar-refractivity contribution in [2.45, 2.75) is 20.8 Å². The van der Waals surface area contributed by atoms with E-state index in [4.69, 9.17) is 0 Å². The topological polar surface area (TPSA) is 30.2 Å². The summed E-state index contributed by atoms with van der Waals surface area (Å²) in [6.07, 6.45) is 2.05. The number of hydrogen-bond acceptors (Lipinski definition) is 2. The predicted molar refractivity (Wildman–Crippen MR) is 47.2 cm³/mol. The zero-order valence-electron chi connectivity index (χ0n) is 7.50. The Balaban J connectivity index is 2.92. The Bertz CT molecular complexity index is 429. The lowest BCUT2D eigenvalue weighted by molar-refractivity contribution is 1.00. The van der Waals surface area contributed by atoms with Crippen molar-refractivity contribution in [2.75, 3.05) is 0 Å². The minimum atomic E-state index is 0.941. The summed E-state index contributed by atoms with van der Waals surface area (Å²) >= 11 is 0. The molecule has 62 valence electrons. The largest absolute Gasteiger partial charge is 0.286 e. The van der Waals surface area contributed by atoms with Crippen molar-refractivity contribution in [1.29, 1.82) is 0 Å². The fourth-order valence-corrected chi connectivity index (χ4v) is 1.44. The third-order valence-electron chi connectivity index (χ3n) is 2.00. The molecule has 0 atom stereocenters. The molecule has 0 spiro atoms. The van der Waals surface area contributed by atoms with Crippen LogP contribution in [0.25, 0.3) is 5.65 Å². The average Bonchev–Trinajstić information content (AvgIpc) is 2.33. The number of fused-ring (bicyclic) bond motifs is 1. The van der Waals surface area contributed by atoms with Gasteiger partial charge in [0.15, 0.2) is 5.65 Å². The lowest BCUT2D eigenvalue weighted by Gasteiger charge is -1.99. The van der Waals surface area contributed by atoms with Gasteiger partial charge in [0, 0.05) is 6.20 Å². The van der Waals surface area contributed by atoms with Gasteiger partial charge in [-0.3, -0.25) is 4.40 Å². The molecule has 0 saturated heterocycles. The van der Waals surface area contributed by atoms with Crippen LogP contribution in [0.5, 0.6) is 0 Å². The third kappa shape index (κ3) is 0.897. The second-order valence-corrected chi connectivity index (χ2v) is 3.14. The summed E-state index contributed by atoms with van der Waals surface area (Å²) in [7, 11) is 0. The predicted octanol–water partition coefficient (Wildman–Crippen LogP) is 1.65. The Morgan fingerprint density at radius 1 is 1.17 bits per heavy atom. The zero-order chi connectivity index (χ0) is 8.72. The molecule has 2 heterocycles. The Kier molecular flexibility index (Phi) is 1.40. The van der Waals surface area contributed by atoms with Crippen molar-refractivity contribution in [2.24, 2.45) is 0 Å². The summed E-state index contributed by atoms with van der Waals surface area (Å²) in [4.78, 5) is 0. The quantitative estimate of drug-likeness (QED) is 0.588. The van der Waals surface area contributed by atoms with Crippen molar-refractivity contribution >= 4 is 5.65 Å². The van der Waals surface area contributed by atoms with E-state index >= 15 is 0 Å². The van der Waals surface area contributed by atoms with E-state index < -0.39 is 0 Å². The lowest BCUT2D eigenvalue weighted by atomic mass is 10.2. The monoisotopic (exact) mass is 161 g/mol. The molecule has 0 aliphatic heterocycles. The minimum absolute atomic E-state index is 0.941. The van der Waals surface area contributed by atoms with Gasteiger partial charge in [0.05, 0.1) is 0 Å². The summed E-state index contributed by atoms with van der Waals surface area (Å²) in [5.74, 6) is 0.941. The van der Waals surface area contributed by atoms with Gasteiger partial charge < -0.3 is 0 Å². The van der Waals surface area contributed by atoms with Crippen LogP contribution in [0.2, 0.25) is 0 Å². The molecule has 3 nitrogen and oxygen atoms in total. The van der Waals surface area contributed by atoms with E-state index in [0.29, 0.717) is 0 Å². The van der Waals surface area contributed by atoms with Crippen LogP contribution in [0.1, 0.15) is 17.0 Å². The fraction of sp³-hybridized carbons (Fsp3) is 0.333. The molecule has 0 unspecified atom stereocenters. The molecule has 0 aliphatic carbocycles. The van der Waals surface area contributed by atoms with Gasteiger partial charge in [0.2, 0.25) is 0 Å². The first kappa shape index (κ1) is 7.28. The number of aryl methyl sites for hydroxylation is 3. The number of nitrogens with zero attached hydrogens (tertiary/aromatic N) is 3. The molecule has 0 aromatic carbocycles. The van der Waals surface area contributed by atoms with Gasteiger partial charge in [-0.1, -0.05) is 6.07 Å². The van der Waals surface area contributed by atoms with Crippen LogP contribution in [-0.2, 0) is 0 Å². The summed E-state index contributed by atoms with van der Waals surface area (Å²) in [6.45, 7) is 6.08. The summed E-state index contributed by atoms with van der Waals surface area (Å²) in [6, 6.07) is 2.11. The van der Waals surface area contributed by atoms with Gasteiger partial charge in [-0.2, -0.15) is 0 Å². The van der Waals surface area contributed by atoms with Crippen LogP contribution < -0.4 is 0 Å². The van der Waals surface area contributed by atoms with Gasteiger partial charge in [-0.25, -0.2) is 0 Å². The standard InChI is InChI=1S/C9H11N3/c1-6-4-7(2)9-11-10-8(3)12(9)5-6/h4-5H,1-3H3. The van der Waals surface area contributed by atoms with Crippen molar-refractivity contribution in [3.63, 3.8) is 0 Å². The molecule has 0 N–H and O–H groups in total. The van der Waals surface area contributed by atoms with E-state index in [1.807, 2.05) is 11.3 Å². The van der Waals surface area contributed by atoms with Crippen LogP contribution in [0.15, 0.2) is 12.3 Å². The SMILES string of the molecule is Cc1cc(C)c2nnc(C)n2c1. The smallest absolute Gasteiger partial charge is 0.163 e. The maximum Gasteiger partial charge on any atom is 0.163 e. The molecule has 0 bridgehead atoms. The van der Waals surface area contributed by atoms with E-state index in [2.05, 4.69) is 36.3 Å². The molecule has 0 aliphatic rings. The number of aromatic nitrogens is 3. The highest BCUT2D eigenvalue weighted by Gasteiger charge is 2.02. The number of rotatable bonds is 0. The van der Waals surface area contributed by atoms with Crippen LogP contribution in [-0.4, -0.2) is 14.6 Å². The summed E-state index contributed by atoms with van der Waals surface area (Å²) < 4.78 is 2.02. The Hall–Kier alpha value is -1.38. The van der Waals surface area contributed by atoms with E-state index in [1.165, 1.54) is 11.1 Å². The molecule has 2 rings (SSSR count). The first-order valence-electron chi connectivity index (χ1n) is 3.97. The lowest BCUT2D eigenvalue weighted by Crippen LogP contribution is -1.91. The normalized spacial score (nSPS) is 10.9. The molecule has 3 heteroatoms. The second-order valence-electron chi connectivity index (χ2n) is 3.14. The molecule has 2 aromatic rings. The maximum atomic E-state index is 4.07. The summed E-state index contributed by atoms with van der Waals surface area (Å²) in [5, 5.41) is 8.08. The number of hydrogen-bond donors (Lipinski definition) is 0. The van der Waals surface area contributed by atoms with Crippen molar-refractivity contribution in [3.8, 4) is 0 Å². The van der Waals surface area contributed by atoms with Crippen molar-refractivity contribution < 1.29 is 0 Å². The van der Waals surface area contributed by atoms with E-state index in [1.54, 1.807) is 0 Å². The number of pyridine rings is 1. The van der Waals surface area contributed by atoms with Crippen LogP contribution in [0.3, 0.4) is 0 Å². The van der Waals surface area contributed by atoms with Gasteiger partial charge in [0.1, 0.15) is 5.82 Å². The summed E-state index contributed by atoms with van der Waals surface area (Å²) in [5.41, 5.74) is 3.37. The molecule has 0 amide bonds. The van der Waals surface area contributed by atoms with Gasteiger partial charge in [-0.05, 0) is 31.9 Å². The van der Waals surface area contributed by atoms with Gasteiger partial charge >= 0.3 is 0 Å². The van der Waals surface area contributed by atoms with Gasteiger partial charge in [-0.15, -0.1) is 10.2 Å². The Morgan fingerprint density at radius 2 is 1.92 bits per heavy atom. The Labute approximate surface area is 71.1 Å². The third-order valence-corrected chi connectivity index (χ3v) is 2.00. The Morgan fingerprint density at radius 3 is 2.67 bits per heavy atom. The van der Waals surface area contributed by atoms with Crippen LogP contribution >= 0.6 is 0 Å². The zero-order valence-corrected chi connectivity index (χ0v) is 7.50. The van der Waals surface area contributed by atoms with Crippen LogP contribution in [0, 0.1) is 20.8 Å². The first-order valence-corrected chi connectivity index (χ1v) is 3.97. The minimum Gasteiger partial charge on any atom is -0.286 e. The molecule has 2 aromatic heterocycles.